The number of benzene rings is 2. The number of ether oxygens (including phenoxy) is 2. The highest BCUT2D eigenvalue weighted by Gasteiger charge is 2.33. The van der Waals surface area contributed by atoms with Crippen LogP contribution >= 0.6 is 0 Å². The van der Waals surface area contributed by atoms with Gasteiger partial charge in [-0.05, 0) is 48.9 Å². The molecule has 0 radical (unpaired) electrons. The molecule has 0 fully saturated rings. The minimum absolute atomic E-state index is 0.533. The van der Waals surface area contributed by atoms with E-state index in [4.69, 9.17) is 14.3 Å². The van der Waals surface area contributed by atoms with Crippen molar-refractivity contribution in [3.8, 4) is 17.2 Å². The molecule has 0 saturated carbocycles. The molecule has 0 saturated heterocycles. The van der Waals surface area contributed by atoms with Crippen LogP contribution in [0, 0.1) is 0 Å². The van der Waals surface area contributed by atoms with Crippen LogP contribution in [0.4, 0.5) is 0 Å². The van der Waals surface area contributed by atoms with Gasteiger partial charge in [0.05, 0.1) is 6.20 Å². The van der Waals surface area contributed by atoms with Gasteiger partial charge in [0.1, 0.15) is 22.8 Å². The second-order valence-electron chi connectivity index (χ2n) is 6.05. The number of hydrogen-bond donors (Lipinski definition) is 1. The van der Waals surface area contributed by atoms with E-state index in [9.17, 15) is 0 Å². The lowest BCUT2D eigenvalue weighted by molar-refractivity contribution is -0.0401. The van der Waals surface area contributed by atoms with Crippen LogP contribution in [0.5, 0.6) is 17.2 Å². The Balaban J connectivity index is 1.48. The molecule has 0 unspecified atom stereocenters. The van der Waals surface area contributed by atoms with E-state index in [1.54, 1.807) is 12.4 Å². The highest BCUT2D eigenvalue weighted by atomic mass is 16.7. The summed E-state index contributed by atoms with van der Waals surface area (Å²) >= 11 is 0. The van der Waals surface area contributed by atoms with Gasteiger partial charge in [-0.25, -0.2) is 5.48 Å². The molecule has 1 aliphatic heterocycles. The zero-order chi connectivity index (χ0) is 17.8. The number of aromatic nitrogens is 1. The number of para-hydroxylation sites is 1. The molecule has 1 aromatic heterocycles. The number of rotatable bonds is 5. The molecule has 3 aromatic rings. The minimum atomic E-state index is -0.636. The van der Waals surface area contributed by atoms with E-state index in [0.29, 0.717) is 11.6 Å². The molecular formula is C21H18N2O3. The molecule has 4 rings (SSSR count). The molecule has 5 nitrogen and oxygen atoms in total. The first kappa shape index (κ1) is 16.2. The molecule has 5 heteroatoms. The van der Waals surface area contributed by atoms with Crippen molar-refractivity contribution >= 4 is 0 Å². The summed E-state index contributed by atoms with van der Waals surface area (Å²) in [6, 6.07) is 21.1. The SMILES string of the molecule is C[C@]1(c2ccc(Oc3ccccc3)cc2)C=C(Oc2cccnc2)NO1. The van der Waals surface area contributed by atoms with Gasteiger partial charge in [0.15, 0.2) is 0 Å². The number of hydroxylamine groups is 1. The Morgan fingerprint density at radius 3 is 2.31 bits per heavy atom. The third kappa shape index (κ3) is 3.53. The highest BCUT2D eigenvalue weighted by molar-refractivity contribution is 5.37. The molecule has 2 aromatic carbocycles. The molecule has 0 aliphatic carbocycles. The number of hydrogen-bond acceptors (Lipinski definition) is 5. The van der Waals surface area contributed by atoms with Crippen molar-refractivity contribution in [1.29, 1.82) is 0 Å². The van der Waals surface area contributed by atoms with Crippen molar-refractivity contribution in [3.05, 3.63) is 96.6 Å². The fraction of sp³-hybridized carbons (Fsp3) is 0.0952. The molecule has 1 N–H and O–H groups in total. The second kappa shape index (κ2) is 6.90. The van der Waals surface area contributed by atoms with Gasteiger partial charge in [0, 0.05) is 12.3 Å². The maximum absolute atomic E-state index is 5.83. The Morgan fingerprint density at radius 2 is 1.58 bits per heavy atom. The smallest absolute Gasteiger partial charge is 0.216 e. The molecule has 0 bridgehead atoms. The largest absolute Gasteiger partial charge is 0.457 e. The topological polar surface area (TPSA) is 52.6 Å². The summed E-state index contributed by atoms with van der Waals surface area (Å²) in [4.78, 5) is 9.77. The van der Waals surface area contributed by atoms with E-state index in [1.165, 1.54) is 0 Å². The monoisotopic (exact) mass is 346 g/mol. The normalized spacial score (nSPS) is 18.7. The quantitative estimate of drug-likeness (QED) is 0.735. The molecule has 26 heavy (non-hydrogen) atoms. The summed E-state index contributed by atoms with van der Waals surface area (Å²) in [6.07, 6.45) is 5.24. The van der Waals surface area contributed by atoms with Crippen LogP contribution in [0.25, 0.3) is 0 Å². The van der Waals surface area contributed by atoms with Gasteiger partial charge in [-0.15, -0.1) is 0 Å². The molecular weight excluding hydrogens is 328 g/mol. The summed E-state index contributed by atoms with van der Waals surface area (Å²) < 4.78 is 11.6. The van der Waals surface area contributed by atoms with Crippen molar-refractivity contribution in [1.82, 2.24) is 10.5 Å². The van der Waals surface area contributed by atoms with E-state index in [-0.39, 0.29) is 0 Å². The fourth-order valence-electron chi connectivity index (χ4n) is 2.67. The van der Waals surface area contributed by atoms with Crippen molar-refractivity contribution < 1.29 is 14.3 Å². The first-order valence-corrected chi connectivity index (χ1v) is 8.29. The summed E-state index contributed by atoms with van der Waals surface area (Å²) in [5, 5.41) is 0. The van der Waals surface area contributed by atoms with Crippen LogP contribution < -0.4 is 15.0 Å². The van der Waals surface area contributed by atoms with Crippen molar-refractivity contribution in [2.24, 2.45) is 0 Å². The van der Waals surface area contributed by atoms with Crippen LogP contribution in [-0.2, 0) is 10.4 Å². The average Bonchev–Trinajstić information content (AvgIpc) is 3.06. The Kier molecular flexibility index (Phi) is 4.29. The lowest BCUT2D eigenvalue weighted by Crippen LogP contribution is -2.23. The number of pyridine rings is 1. The van der Waals surface area contributed by atoms with Gasteiger partial charge >= 0.3 is 0 Å². The van der Waals surface area contributed by atoms with Crippen LogP contribution in [0.3, 0.4) is 0 Å². The minimum Gasteiger partial charge on any atom is -0.457 e. The molecule has 2 heterocycles. The van der Waals surface area contributed by atoms with E-state index in [1.807, 2.05) is 79.7 Å². The summed E-state index contributed by atoms with van der Waals surface area (Å²) in [6.45, 7) is 1.96. The van der Waals surface area contributed by atoms with Gasteiger partial charge in [-0.2, -0.15) is 0 Å². The predicted molar refractivity (Wildman–Crippen MR) is 97.5 cm³/mol. The highest BCUT2D eigenvalue weighted by Crippen LogP contribution is 2.33. The first-order chi connectivity index (χ1) is 12.7. The Hall–Kier alpha value is -3.31. The Morgan fingerprint density at radius 1 is 0.846 bits per heavy atom. The van der Waals surface area contributed by atoms with Crippen LogP contribution in [0.2, 0.25) is 0 Å². The molecule has 0 amide bonds. The van der Waals surface area contributed by atoms with Crippen LogP contribution in [-0.4, -0.2) is 4.98 Å². The molecule has 1 aliphatic rings. The van der Waals surface area contributed by atoms with E-state index in [0.717, 1.165) is 17.1 Å². The maximum atomic E-state index is 5.83. The third-order valence-electron chi connectivity index (χ3n) is 4.04. The van der Waals surface area contributed by atoms with Crippen molar-refractivity contribution in [2.45, 2.75) is 12.5 Å². The van der Waals surface area contributed by atoms with Crippen molar-refractivity contribution in [3.63, 3.8) is 0 Å². The van der Waals surface area contributed by atoms with Crippen molar-refractivity contribution in [2.75, 3.05) is 0 Å². The van der Waals surface area contributed by atoms with Gasteiger partial charge in [-0.3, -0.25) is 9.82 Å². The number of nitrogens with zero attached hydrogens (tertiary/aromatic N) is 1. The molecule has 130 valence electrons. The van der Waals surface area contributed by atoms with Gasteiger partial charge in [0.25, 0.3) is 0 Å². The van der Waals surface area contributed by atoms with E-state index < -0.39 is 5.60 Å². The lowest BCUT2D eigenvalue weighted by atomic mass is 9.96. The lowest BCUT2D eigenvalue weighted by Gasteiger charge is -2.20. The Bertz CT molecular complexity index is 896. The summed E-state index contributed by atoms with van der Waals surface area (Å²) in [7, 11) is 0. The van der Waals surface area contributed by atoms with E-state index in [2.05, 4.69) is 10.5 Å². The van der Waals surface area contributed by atoms with Gasteiger partial charge in [0.2, 0.25) is 5.88 Å². The maximum Gasteiger partial charge on any atom is 0.216 e. The zero-order valence-electron chi connectivity index (χ0n) is 14.3. The zero-order valence-corrected chi connectivity index (χ0v) is 14.3. The van der Waals surface area contributed by atoms with E-state index >= 15 is 0 Å². The first-order valence-electron chi connectivity index (χ1n) is 8.29. The third-order valence-corrected chi connectivity index (χ3v) is 4.04. The Labute approximate surface area is 151 Å². The predicted octanol–water partition coefficient (Wildman–Crippen LogP) is 4.54. The summed E-state index contributed by atoms with van der Waals surface area (Å²) in [5.74, 6) is 2.75. The molecule has 0 spiro atoms. The standard InChI is InChI=1S/C21H18N2O3/c1-21(14-20(23-26-21)25-19-8-5-13-22-15-19)16-9-11-18(12-10-16)24-17-6-3-2-4-7-17/h2-15,23H,1H3/t21-/m1/s1. The summed E-state index contributed by atoms with van der Waals surface area (Å²) in [5.41, 5.74) is 3.17. The molecule has 1 atom stereocenters. The van der Waals surface area contributed by atoms with Crippen LogP contribution in [0.1, 0.15) is 12.5 Å². The number of nitrogens with one attached hydrogen (secondary N) is 1. The van der Waals surface area contributed by atoms with Gasteiger partial charge < -0.3 is 9.47 Å². The van der Waals surface area contributed by atoms with Crippen LogP contribution in [0.15, 0.2) is 91.1 Å². The average molecular weight is 346 g/mol. The second-order valence-corrected chi connectivity index (χ2v) is 6.05. The fourth-order valence-corrected chi connectivity index (χ4v) is 2.67. The van der Waals surface area contributed by atoms with Gasteiger partial charge in [-0.1, -0.05) is 30.3 Å².